The van der Waals surface area contributed by atoms with E-state index in [1.807, 2.05) is 13.8 Å². The molecule has 1 saturated heterocycles. The van der Waals surface area contributed by atoms with E-state index in [2.05, 4.69) is 13.8 Å². The Hall–Kier alpha value is -1.70. The molecule has 7 heteroatoms. The number of benzene rings is 1. The van der Waals surface area contributed by atoms with Gasteiger partial charge in [-0.3, -0.25) is 4.79 Å². The molecular formula is C23H28O6S. The average molecular weight is 433 g/mol. The van der Waals surface area contributed by atoms with Crippen LogP contribution in [0.5, 0.6) is 0 Å². The number of methoxy groups -OCH3 is 1. The quantitative estimate of drug-likeness (QED) is 0.677. The van der Waals surface area contributed by atoms with Crippen LogP contribution >= 0.6 is 0 Å². The molecule has 1 aliphatic heterocycles. The van der Waals surface area contributed by atoms with Crippen LogP contribution in [0.3, 0.4) is 0 Å². The van der Waals surface area contributed by atoms with Gasteiger partial charge in [0.2, 0.25) is 11.6 Å². The van der Waals surface area contributed by atoms with Crippen LogP contribution in [-0.2, 0) is 28.6 Å². The standard InChI is InChI=1S/C23H28O6S/c1-14-6-9-16(10-7-14)30(25,26)29-18-12-22-15(2)8-11-17(22)20(3)13-28-23(27-5,19(22)24)21(18,20)4/h6-7,9-10,12,15,17H,8,11,13H2,1-5H3/t15-,17?,20?,21?,22?,23?/m1/s1. The summed E-state index contributed by atoms with van der Waals surface area (Å²) in [5.41, 5.74) is -1.40. The lowest BCUT2D eigenvalue weighted by Gasteiger charge is -2.63. The van der Waals surface area contributed by atoms with Gasteiger partial charge in [-0.1, -0.05) is 31.5 Å². The lowest BCUT2D eigenvalue weighted by molar-refractivity contribution is -0.258. The Morgan fingerprint density at radius 3 is 2.43 bits per heavy atom. The van der Waals surface area contributed by atoms with Crippen LogP contribution < -0.4 is 0 Å². The normalized spacial score (nSPS) is 44.2. The van der Waals surface area contributed by atoms with Crippen LogP contribution in [-0.4, -0.2) is 33.7 Å². The Morgan fingerprint density at radius 1 is 1.13 bits per heavy atom. The van der Waals surface area contributed by atoms with E-state index >= 15 is 0 Å². The first kappa shape index (κ1) is 20.2. The van der Waals surface area contributed by atoms with E-state index in [1.165, 1.54) is 19.2 Å². The van der Waals surface area contributed by atoms with E-state index in [1.54, 1.807) is 18.2 Å². The number of hydrogen-bond donors (Lipinski definition) is 0. The summed E-state index contributed by atoms with van der Waals surface area (Å²) in [5, 5.41) is 0. The molecule has 6 nitrogen and oxygen atoms in total. The molecule has 1 aromatic rings. The van der Waals surface area contributed by atoms with Gasteiger partial charge in [0.05, 0.1) is 17.4 Å². The van der Waals surface area contributed by atoms with Crippen molar-refractivity contribution in [3.8, 4) is 0 Å². The molecule has 5 unspecified atom stereocenters. The predicted octanol–water partition coefficient (Wildman–Crippen LogP) is 3.60. The topological polar surface area (TPSA) is 78.9 Å². The summed E-state index contributed by atoms with van der Waals surface area (Å²) in [5.74, 6) is -1.24. The molecule has 2 saturated carbocycles. The highest BCUT2D eigenvalue weighted by Gasteiger charge is 2.86. The van der Waals surface area contributed by atoms with E-state index < -0.39 is 32.2 Å². The molecular weight excluding hydrogens is 404 g/mol. The van der Waals surface area contributed by atoms with Gasteiger partial charge in [-0.2, -0.15) is 8.42 Å². The Bertz CT molecular complexity index is 1080. The SMILES string of the molecule is COC12OCC3(C)C4CC[C@@H](C)C4(C=C(OS(=O)(=O)c4ccc(C)cc4)C13C)C2=O. The van der Waals surface area contributed by atoms with Gasteiger partial charge >= 0.3 is 10.1 Å². The minimum atomic E-state index is -4.08. The van der Waals surface area contributed by atoms with Crippen molar-refractivity contribution in [3.63, 3.8) is 0 Å². The lowest BCUT2D eigenvalue weighted by Crippen LogP contribution is -2.72. The van der Waals surface area contributed by atoms with Crippen molar-refractivity contribution in [2.24, 2.45) is 28.1 Å². The maximum absolute atomic E-state index is 13.9. The summed E-state index contributed by atoms with van der Waals surface area (Å²) in [6.07, 6.45) is 3.60. The van der Waals surface area contributed by atoms with Gasteiger partial charge in [0.1, 0.15) is 10.7 Å². The number of ketones is 1. The number of allylic oxidation sites excluding steroid dienone is 1. The first-order chi connectivity index (χ1) is 14.0. The molecule has 5 aliphatic rings. The highest BCUT2D eigenvalue weighted by atomic mass is 32.2. The van der Waals surface area contributed by atoms with Crippen molar-refractivity contribution in [1.82, 2.24) is 0 Å². The molecule has 1 aromatic carbocycles. The maximum Gasteiger partial charge on any atom is 0.338 e. The Morgan fingerprint density at radius 2 is 1.80 bits per heavy atom. The summed E-state index contributed by atoms with van der Waals surface area (Å²) in [7, 11) is -2.61. The smallest absolute Gasteiger partial charge is 0.338 e. The molecule has 4 bridgehead atoms. The summed E-state index contributed by atoms with van der Waals surface area (Å²) in [6.45, 7) is 8.23. The van der Waals surface area contributed by atoms with E-state index in [4.69, 9.17) is 13.7 Å². The lowest BCUT2D eigenvalue weighted by atomic mass is 9.40. The highest BCUT2D eigenvalue weighted by Crippen LogP contribution is 2.78. The van der Waals surface area contributed by atoms with Crippen molar-refractivity contribution in [1.29, 1.82) is 0 Å². The van der Waals surface area contributed by atoms with Crippen LogP contribution in [0, 0.1) is 35.0 Å². The minimum Gasteiger partial charge on any atom is -0.383 e. The minimum absolute atomic E-state index is 0.0519. The monoisotopic (exact) mass is 432 g/mol. The number of carbonyl (C=O) groups is 1. The van der Waals surface area contributed by atoms with Crippen molar-refractivity contribution in [2.75, 3.05) is 13.7 Å². The highest BCUT2D eigenvalue weighted by molar-refractivity contribution is 7.86. The summed E-state index contributed by atoms with van der Waals surface area (Å²) >= 11 is 0. The van der Waals surface area contributed by atoms with Crippen LogP contribution in [0.4, 0.5) is 0 Å². The molecule has 1 spiro atoms. The fourth-order valence-electron chi connectivity index (χ4n) is 6.86. The Labute approximate surface area is 177 Å². The van der Waals surface area contributed by atoms with Gasteiger partial charge in [-0.05, 0) is 56.7 Å². The van der Waals surface area contributed by atoms with Crippen LogP contribution in [0.15, 0.2) is 41.0 Å². The number of aryl methyl sites for hydroxylation is 1. The zero-order chi connectivity index (χ0) is 21.7. The van der Waals surface area contributed by atoms with Gasteiger partial charge in [0, 0.05) is 12.5 Å². The fraction of sp³-hybridized carbons (Fsp3) is 0.609. The van der Waals surface area contributed by atoms with Crippen molar-refractivity contribution in [3.05, 3.63) is 41.7 Å². The van der Waals surface area contributed by atoms with Crippen molar-refractivity contribution >= 4 is 15.9 Å². The molecule has 6 atom stereocenters. The van der Waals surface area contributed by atoms with Crippen LogP contribution in [0.1, 0.15) is 39.2 Å². The molecule has 162 valence electrons. The second-order valence-corrected chi connectivity index (χ2v) is 11.4. The largest absolute Gasteiger partial charge is 0.383 e. The van der Waals surface area contributed by atoms with Gasteiger partial charge in [0.15, 0.2) is 0 Å². The van der Waals surface area contributed by atoms with Crippen molar-refractivity contribution < 1.29 is 26.9 Å². The van der Waals surface area contributed by atoms with Crippen LogP contribution in [0.25, 0.3) is 0 Å². The van der Waals surface area contributed by atoms with Crippen LogP contribution in [0.2, 0.25) is 0 Å². The molecule has 0 amide bonds. The molecule has 4 aliphatic carbocycles. The van der Waals surface area contributed by atoms with Crippen molar-refractivity contribution in [2.45, 2.75) is 51.2 Å². The number of Topliss-reactive ketones (excluding diaryl/α,β-unsaturated/α-hetero) is 1. The van der Waals surface area contributed by atoms with E-state index in [0.717, 1.165) is 18.4 Å². The van der Waals surface area contributed by atoms with Gasteiger partial charge < -0.3 is 13.7 Å². The van der Waals surface area contributed by atoms with Gasteiger partial charge in [-0.25, -0.2) is 0 Å². The Balaban J connectivity index is 1.71. The maximum atomic E-state index is 13.9. The third-order valence-electron chi connectivity index (χ3n) is 8.78. The molecule has 3 fully saturated rings. The molecule has 0 aromatic heterocycles. The number of ether oxygens (including phenoxy) is 2. The third kappa shape index (κ3) is 1.93. The summed E-state index contributed by atoms with van der Waals surface area (Å²) in [6, 6.07) is 6.55. The van der Waals surface area contributed by atoms with E-state index in [0.29, 0.717) is 6.61 Å². The number of carbonyl (C=O) groups excluding carboxylic acids is 1. The first-order valence-electron chi connectivity index (χ1n) is 10.5. The first-order valence-corrected chi connectivity index (χ1v) is 11.9. The Kier molecular flexibility index (Phi) is 3.88. The molecule has 6 rings (SSSR count). The molecule has 1 heterocycles. The zero-order valence-electron chi connectivity index (χ0n) is 18.0. The third-order valence-corrected chi connectivity index (χ3v) is 10.0. The predicted molar refractivity (Wildman–Crippen MR) is 109 cm³/mol. The second-order valence-electron chi connectivity index (χ2n) is 9.80. The van der Waals surface area contributed by atoms with Gasteiger partial charge in [-0.15, -0.1) is 0 Å². The fourth-order valence-corrected chi connectivity index (χ4v) is 7.87. The molecule has 30 heavy (non-hydrogen) atoms. The van der Waals surface area contributed by atoms with E-state index in [-0.39, 0.29) is 28.3 Å². The zero-order valence-corrected chi connectivity index (χ0v) is 18.8. The molecule has 0 radical (unpaired) electrons. The summed E-state index contributed by atoms with van der Waals surface area (Å²) < 4.78 is 44.1. The van der Waals surface area contributed by atoms with E-state index in [9.17, 15) is 13.2 Å². The summed E-state index contributed by atoms with van der Waals surface area (Å²) in [4.78, 5) is 14.0. The average Bonchev–Trinajstić information content (AvgIpc) is 3.13. The second kappa shape index (κ2) is 5.75. The number of rotatable bonds is 4. The molecule has 0 N–H and O–H groups in total. The van der Waals surface area contributed by atoms with Gasteiger partial charge in [0.25, 0.3) is 0 Å². The number of hydrogen-bond acceptors (Lipinski definition) is 6.